The first-order chi connectivity index (χ1) is 12.0. The van der Waals surface area contributed by atoms with Gasteiger partial charge in [0.05, 0.1) is 0 Å². The van der Waals surface area contributed by atoms with Crippen LogP contribution in [0.15, 0.2) is 24.3 Å². The predicted molar refractivity (Wildman–Crippen MR) is 107 cm³/mol. The molecule has 1 atom stereocenters. The number of hydrogen-bond acceptors (Lipinski definition) is 3. The Morgan fingerprint density at radius 3 is 2.50 bits per heavy atom. The van der Waals surface area contributed by atoms with Crippen LogP contribution in [0.5, 0.6) is 0 Å². The van der Waals surface area contributed by atoms with Gasteiger partial charge in [-0.1, -0.05) is 37.0 Å². The number of carbonyl (C=O) groups excluding carboxylic acids is 2. The minimum Gasteiger partial charge on any atom is -0.344 e. The fourth-order valence-corrected chi connectivity index (χ4v) is 4.14. The lowest BCUT2D eigenvalue weighted by Gasteiger charge is -2.35. The second kappa shape index (κ2) is 8.87. The highest BCUT2D eigenvalue weighted by Gasteiger charge is 2.37. The van der Waals surface area contributed by atoms with E-state index in [1.165, 1.54) is 12.0 Å². The molecule has 2 fully saturated rings. The number of benzene rings is 1. The van der Waals surface area contributed by atoms with Gasteiger partial charge < -0.3 is 16.0 Å². The Bertz CT molecular complexity index is 626. The van der Waals surface area contributed by atoms with Crippen LogP contribution < -0.4 is 16.0 Å². The summed E-state index contributed by atoms with van der Waals surface area (Å²) in [6, 6.07) is 7.52. The van der Waals surface area contributed by atoms with Crippen LogP contribution in [0.25, 0.3) is 0 Å². The van der Waals surface area contributed by atoms with Gasteiger partial charge in [0.15, 0.2) is 0 Å². The first-order valence-corrected chi connectivity index (χ1v) is 9.40. The van der Waals surface area contributed by atoms with E-state index in [-0.39, 0.29) is 29.6 Å². The summed E-state index contributed by atoms with van der Waals surface area (Å²) in [5.41, 5.74) is 7.98. The zero-order valence-corrected chi connectivity index (χ0v) is 16.3. The van der Waals surface area contributed by atoms with Crippen LogP contribution in [0.2, 0.25) is 0 Å². The number of carbonyl (C=O) groups is 2. The Kier molecular flexibility index (Phi) is 7.07. The van der Waals surface area contributed by atoms with E-state index in [1.54, 1.807) is 4.90 Å². The molecule has 1 saturated heterocycles. The van der Waals surface area contributed by atoms with E-state index in [0.717, 1.165) is 31.4 Å². The van der Waals surface area contributed by atoms with E-state index < -0.39 is 6.04 Å². The van der Waals surface area contributed by atoms with Crippen LogP contribution in [-0.2, 0) is 9.59 Å². The van der Waals surface area contributed by atoms with Crippen LogP contribution in [0.3, 0.4) is 0 Å². The van der Waals surface area contributed by atoms with Crippen LogP contribution in [0.4, 0.5) is 5.69 Å². The molecule has 2 aliphatic rings. The first-order valence-electron chi connectivity index (χ1n) is 9.40. The second-order valence-corrected chi connectivity index (χ2v) is 7.68. The Morgan fingerprint density at radius 1 is 1.23 bits per heavy atom. The number of anilines is 1. The third-order valence-electron chi connectivity index (χ3n) is 5.77. The monoisotopic (exact) mass is 379 g/mol. The molecular formula is C20H30ClN3O2. The molecule has 5 nitrogen and oxygen atoms in total. The number of nitrogens with zero attached hydrogens (tertiary/aromatic N) is 1. The lowest BCUT2D eigenvalue weighted by Crippen LogP contribution is -2.45. The Balaban J connectivity index is 0.00000243. The summed E-state index contributed by atoms with van der Waals surface area (Å²) in [5, 5.41) is 2.96. The topological polar surface area (TPSA) is 75.4 Å². The molecule has 3 N–H and O–H groups in total. The van der Waals surface area contributed by atoms with Crippen molar-refractivity contribution < 1.29 is 9.59 Å². The molecule has 2 amide bonds. The third-order valence-corrected chi connectivity index (χ3v) is 5.77. The van der Waals surface area contributed by atoms with Gasteiger partial charge in [-0.2, -0.15) is 0 Å². The number of nitrogens with one attached hydrogen (secondary N) is 1. The van der Waals surface area contributed by atoms with Gasteiger partial charge in [-0.15, -0.1) is 12.4 Å². The maximum Gasteiger partial charge on any atom is 0.249 e. The number of aryl methyl sites for hydroxylation is 1. The van der Waals surface area contributed by atoms with Crippen LogP contribution >= 0.6 is 12.4 Å². The number of halogens is 1. The van der Waals surface area contributed by atoms with Crippen molar-refractivity contribution >= 4 is 29.9 Å². The van der Waals surface area contributed by atoms with Gasteiger partial charge in [0, 0.05) is 18.7 Å². The predicted octanol–water partition coefficient (Wildman–Crippen LogP) is 2.94. The molecule has 1 aromatic rings. The fourth-order valence-electron chi connectivity index (χ4n) is 4.14. The minimum absolute atomic E-state index is 0. The zero-order valence-electron chi connectivity index (χ0n) is 15.5. The highest BCUT2D eigenvalue weighted by atomic mass is 35.5. The van der Waals surface area contributed by atoms with Crippen molar-refractivity contribution in [3.05, 3.63) is 29.8 Å². The van der Waals surface area contributed by atoms with Crippen molar-refractivity contribution in [2.75, 3.05) is 18.0 Å². The molecule has 6 heteroatoms. The summed E-state index contributed by atoms with van der Waals surface area (Å²) in [7, 11) is 0. The van der Waals surface area contributed by atoms with Crippen LogP contribution in [0.1, 0.15) is 50.5 Å². The molecule has 1 aliphatic heterocycles. The van der Waals surface area contributed by atoms with Crippen LogP contribution in [0, 0.1) is 12.3 Å². The average molecular weight is 380 g/mol. The Labute approximate surface area is 162 Å². The normalized spacial score (nSPS) is 22.0. The van der Waals surface area contributed by atoms with Crippen molar-refractivity contribution in [2.45, 2.75) is 57.9 Å². The molecule has 1 aliphatic carbocycles. The van der Waals surface area contributed by atoms with Crippen molar-refractivity contribution in [1.82, 2.24) is 5.32 Å². The largest absolute Gasteiger partial charge is 0.344 e. The highest BCUT2D eigenvalue weighted by Crippen LogP contribution is 2.38. The zero-order chi connectivity index (χ0) is 17.9. The number of amides is 2. The Morgan fingerprint density at radius 2 is 1.88 bits per heavy atom. The van der Waals surface area contributed by atoms with Gasteiger partial charge in [0.25, 0.3) is 0 Å². The van der Waals surface area contributed by atoms with Crippen LogP contribution in [-0.4, -0.2) is 30.9 Å². The second-order valence-electron chi connectivity index (χ2n) is 7.68. The molecule has 26 heavy (non-hydrogen) atoms. The molecule has 0 bridgehead atoms. The molecule has 1 heterocycles. The SMILES string of the molecule is Cc1ccc(N2CCC(NC(=O)CC3(CN)CCCCC3)C2=O)cc1.Cl. The number of rotatable bonds is 5. The van der Waals surface area contributed by atoms with Crippen molar-refractivity contribution in [3.8, 4) is 0 Å². The van der Waals surface area contributed by atoms with E-state index >= 15 is 0 Å². The molecule has 1 unspecified atom stereocenters. The molecule has 0 radical (unpaired) electrons. The molecular weight excluding hydrogens is 350 g/mol. The molecule has 1 aromatic carbocycles. The smallest absolute Gasteiger partial charge is 0.249 e. The van der Waals surface area contributed by atoms with Gasteiger partial charge in [-0.25, -0.2) is 0 Å². The van der Waals surface area contributed by atoms with E-state index in [9.17, 15) is 9.59 Å². The van der Waals surface area contributed by atoms with Gasteiger partial charge in [0.2, 0.25) is 11.8 Å². The van der Waals surface area contributed by atoms with Crippen molar-refractivity contribution in [2.24, 2.45) is 11.1 Å². The van der Waals surface area contributed by atoms with Gasteiger partial charge in [-0.3, -0.25) is 9.59 Å². The van der Waals surface area contributed by atoms with E-state index in [4.69, 9.17) is 5.73 Å². The summed E-state index contributed by atoms with van der Waals surface area (Å²) in [4.78, 5) is 26.9. The first kappa shape index (κ1) is 20.7. The maximum atomic E-state index is 12.7. The summed E-state index contributed by atoms with van der Waals surface area (Å²) < 4.78 is 0. The van der Waals surface area contributed by atoms with E-state index in [0.29, 0.717) is 25.9 Å². The molecule has 3 rings (SSSR count). The molecule has 0 spiro atoms. The average Bonchev–Trinajstić information content (AvgIpc) is 2.97. The third kappa shape index (κ3) is 4.57. The lowest BCUT2D eigenvalue weighted by atomic mass is 9.71. The molecule has 144 valence electrons. The highest BCUT2D eigenvalue weighted by molar-refractivity contribution is 6.01. The lowest BCUT2D eigenvalue weighted by molar-refractivity contribution is -0.128. The van der Waals surface area contributed by atoms with Crippen molar-refractivity contribution in [3.63, 3.8) is 0 Å². The van der Waals surface area contributed by atoms with Crippen molar-refractivity contribution in [1.29, 1.82) is 0 Å². The standard InChI is InChI=1S/C20H29N3O2.ClH/c1-15-5-7-16(8-6-15)23-12-9-17(19(23)25)22-18(24)13-20(14-21)10-3-2-4-11-20;/h5-8,17H,2-4,9-14,21H2,1H3,(H,22,24);1H. The molecule has 1 saturated carbocycles. The minimum atomic E-state index is -0.410. The summed E-state index contributed by atoms with van der Waals surface area (Å²) in [5.74, 6) is -0.0425. The number of nitrogens with two attached hydrogens (primary N) is 1. The van der Waals surface area contributed by atoms with Gasteiger partial charge >= 0.3 is 0 Å². The summed E-state index contributed by atoms with van der Waals surface area (Å²) in [6.07, 6.45) is 6.67. The Hall–Kier alpha value is -1.59. The van der Waals surface area contributed by atoms with Gasteiger partial charge in [0.1, 0.15) is 6.04 Å². The van der Waals surface area contributed by atoms with Gasteiger partial charge in [-0.05, 0) is 50.3 Å². The number of hydrogen-bond donors (Lipinski definition) is 2. The van der Waals surface area contributed by atoms with E-state index in [2.05, 4.69) is 5.32 Å². The fraction of sp³-hybridized carbons (Fsp3) is 0.600. The summed E-state index contributed by atoms with van der Waals surface area (Å²) >= 11 is 0. The molecule has 0 aromatic heterocycles. The maximum absolute atomic E-state index is 12.7. The van der Waals surface area contributed by atoms with E-state index in [1.807, 2.05) is 31.2 Å². The summed E-state index contributed by atoms with van der Waals surface area (Å²) in [6.45, 7) is 3.22. The quantitative estimate of drug-likeness (QED) is 0.825.